The van der Waals surface area contributed by atoms with E-state index in [2.05, 4.69) is 0 Å². The molecule has 0 atom stereocenters. The normalized spacial score (nSPS) is 12.8. The number of amides is 2. The number of carbonyl (C=O) groups is 2. The van der Waals surface area contributed by atoms with Crippen molar-refractivity contribution < 1.29 is 14.0 Å². The summed E-state index contributed by atoms with van der Waals surface area (Å²) in [5, 5.41) is 0. The van der Waals surface area contributed by atoms with Crippen LogP contribution in [0.5, 0.6) is 0 Å². The number of hydrogen-bond acceptors (Lipinski definition) is 3. The quantitative estimate of drug-likeness (QED) is 0.316. The third-order valence-corrected chi connectivity index (χ3v) is 6.29. The average molecular weight is 465 g/mol. The van der Waals surface area contributed by atoms with Gasteiger partial charge in [0.1, 0.15) is 12.3 Å². The first-order valence-electron chi connectivity index (χ1n) is 12.0. The molecule has 1 heterocycles. The minimum absolute atomic E-state index is 0.0531. The van der Waals surface area contributed by atoms with Crippen molar-refractivity contribution in [3.63, 3.8) is 0 Å². The lowest BCUT2D eigenvalue weighted by atomic mass is 10.0. The number of carbonyl (C=O) groups excluding carboxylic acids is 2. The Kier molecular flexibility index (Phi) is 6.75. The van der Waals surface area contributed by atoms with Crippen molar-refractivity contribution in [2.75, 3.05) is 6.54 Å². The Bertz CT molecular complexity index is 1250. The fourth-order valence-electron chi connectivity index (χ4n) is 4.23. The van der Waals surface area contributed by atoms with Gasteiger partial charge in [-0.05, 0) is 53.8 Å². The summed E-state index contributed by atoms with van der Waals surface area (Å²) in [6.45, 7) is 0.871. The molecule has 35 heavy (non-hydrogen) atoms. The molecule has 3 aromatic carbocycles. The van der Waals surface area contributed by atoms with Gasteiger partial charge in [0.25, 0.3) is 5.91 Å². The van der Waals surface area contributed by atoms with E-state index in [9.17, 15) is 9.59 Å². The minimum atomic E-state index is -0.0990. The molecule has 1 fully saturated rings. The Labute approximate surface area is 205 Å². The zero-order chi connectivity index (χ0) is 24.0. The summed E-state index contributed by atoms with van der Waals surface area (Å²) in [5.74, 6) is 0.527. The zero-order valence-electron chi connectivity index (χ0n) is 19.5. The largest absolute Gasteiger partial charge is 0.467 e. The van der Waals surface area contributed by atoms with Gasteiger partial charge in [0.2, 0.25) is 5.91 Å². The van der Waals surface area contributed by atoms with E-state index in [1.54, 1.807) is 16.1 Å². The van der Waals surface area contributed by atoms with Gasteiger partial charge in [-0.3, -0.25) is 9.59 Å². The first-order chi connectivity index (χ1) is 17.2. The predicted molar refractivity (Wildman–Crippen MR) is 135 cm³/mol. The van der Waals surface area contributed by atoms with Crippen molar-refractivity contribution in [3.8, 4) is 11.1 Å². The third-order valence-electron chi connectivity index (χ3n) is 6.29. The Morgan fingerprint density at radius 3 is 2.03 bits per heavy atom. The first kappa shape index (κ1) is 22.7. The molecule has 2 amide bonds. The Balaban J connectivity index is 1.32. The molecule has 0 saturated heterocycles. The van der Waals surface area contributed by atoms with Crippen LogP contribution in [0.3, 0.4) is 0 Å². The zero-order valence-corrected chi connectivity index (χ0v) is 19.5. The topological polar surface area (TPSA) is 53.8 Å². The molecule has 0 spiro atoms. The van der Waals surface area contributed by atoms with Crippen LogP contribution in [0.25, 0.3) is 11.1 Å². The van der Waals surface area contributed by atoms with Crippen LogP contribution in [-0.4, -0.2) is 34.2 Å². The summed E-state index contributed by atoms with van der Waals surface area (Å²) in [5.41, 5.74) is 3.80. The molecule has 5 nitrogen and oxygen atoms in total. The maximum absolute atomic E-state index is 13.5. The Morgan fingerprint density at radius 1 is 0.743 bits per heavy atom. The van der Waals surface area contributed by atoms with Gasteiger partial charge in [0.15, 0.2) is 0 Å². The van der Waals surface area contributed by atoms with Crippen LogP contribution in [-0.2, 0) is 17.9 Å². The summed E-state index contributed by atoms with van der Waals surface area (Å²) in [6.07, 6.45) is 3.47. The van der Waals surface area contributed by atoms with Gasteiger partial charge in [0.05, 0.1) is 12.8 Å². The second-order valence-corrected chi connectivity index (χ2v) is 8.92. The molecule has 0 aliphatic heterocycles. The molecule has 176 valence electrons. The van der Waals surface area contributed by atoms with E-state index in [4.69, 9.17) is 4.42 Å². The first-order valence-corrected chi connectivity index (χ1v) is 12.0. The standard InChI is InChI=1S/C30H28N2O3/c33-29(31(21-28-12-7-19-35-28)20-23-8-3-1-4-9-23)22-32(27-17-18-27)30(34)26-15-13-25(14-16-26)24-10-5-2-6-11-24/h1-16,19,27H,17-18,20-22H2. The molecular formula is C30H28N2O3. The molecule has 1 saturated carbocycles. The molecule has 0 bridgehead atoms. The molecule has 0 unspecified atom stereocenters. The Hall–Kier alpha value is -4.12. The molecule has 4 aromatic rings. The maximum Gasteiger partial charge on any atom is 0.254 e. The second-order valence-electron chi connectivity index (χ2n) is 8.92. The van der Waals surface area contributed by atoms with Gasteiger partial charge in [-0.15, -0.1) is 0 Å². The van der Waals surface area contributed by atoms with Crippen molar-refractivity contribution in [1.29, 1.82) is 0 Å². The monoisotopic (exact) mass is 464 g/mol. The second kappa shape index (κ2) is 10.4. The van der Waals surface area contributed by atoms with E-state index in [1.165, 1.54) is 0 Å². The lowest BCUT2D eigenvalue weighted by molar-refractivity contribution is -0.133. The van der Waals surface area contributed by atoms with E-state index in [0.29, 0.717) is 18.7 Å². The fraction of sp³-hybridized carbons (Fsp3) is 0.200. The van der Waals surface area contributed by atoms with Crippen LogP contribution in [0.1, 0.15) is 34.5 Å². The molecule has 5 rings (SSSR count). The van der Waals surface area contributed by atoms with Gasteiger partial charge in [0, 0.05) is 18.2 Å². The number of hydrogen-bond donors (Lipinski definition) is 0. The molecule has 5 heteroatoms. The number of nitrogens with zero attached hydrogens (tertiary/aromatic N) is 2. The number of furan rings is 1. The van der Waals surface area contributed by atoms with Crippen LogP contribution in [0.4, 0.5) is 0 Å². The van der Waals surface area contributed by atoms with Crippen LogP contribution < -0.4 is 0 Å². The van der Waals surface area contributed by atoms with Crippen molar-refractivity contribution in [1.82, 2.24) is 9.80 Å². The van der Waals surface area contributed by atoms with E-state index in [-0.39, 0.29) is 24.4 Å². The van der Waals surface area contributed by atoms with Crippen molar-refractivity contribution in [2.45, 2.75) is 32.0 Å². The summed E-state index contributed by atoms with van der Waals surface area (Å²) < 4.78 is 5.51. The van der Waals surface area contributed by atoms with E-state index in [0.717, 1.165) is 35.3 Å². The molecule has 1 aliphatic carbocycles. The summed E-state index contributed by atoms with van der Waals surface area (Å²) in [7, 11) is 0. The summed E-state index contributed by atoms with van der Waals surface area (Å²) in [6, 6.07) is 31.4. The maximum atomic E-state index is 13.5. The average Bonchev–Trinajstić information content (AvgIpc) is 3.62. The number of benzene rings is 3. The van der Waals surface area contributed by atoms with Gasteiger partial charge in [-0.1, -0.05) is 72.8 Å². The molecule has 0 radical (unpaired) electrons. The highest BCUT2D eigenvalue weighted by Crippen LogP contribution is 2.29. The summed E-state index contributed by atoms with van der Waals surface area (Å²) in [4.78, 5) is 30.4. The predicted octanol–water partition coefficient (Wildman–Crippen LogP) is 5.78. The SMILES string of the molecule is O=C(CN(C(=O)c1ccc(-c2ccccc2)cc1)C1CC1)N(Cc1ccccc1)Cc1ccco1. The molecule has 0 N–H and O–H groups in total. The van der Waals surface area contributed by atoms with Crippen LogP contribution in [0, 0.1) is 0 Å². The smallest absolute Gasteiger partial charge is 0.254 e. The Morgan fingerprint density at radius 2 is 1.40 bits per heavy atom. The fourth-order valence-corrected chi connectivity index (χ4v) is 4.23. The van der Waals surface area contributed by atoms with E-state index >= 15 is 0 Å². The molecule has 1 aromatic heterocycles. The van der Waals surface area contributed by atoms with Crippen LogP contribution >= 0.6 is 0 Å². The van der Waals surface area contributed by atoms with Gasteiger partial charge in [-0.2, -0.15) is 0 Å². The lowest BCUT2D eigenvalue weighted by Crippen LogP contribution is -2.43. The molecule has 1 aliphatic rings. The highest BCUT2D eigenvalue weighted by molar-refractivity contribution is 5.97. The van der Waals surface area contributed by atoms with Crippen molar-refractivity contribution >= 4 is 11.8 Å². The number of rotatable bonds is 9. The van der Waals surface area contributed by atoms with E-state index < -0.39 is 0 Å². The van der Waals surface area contributed by atoms with Gasteiger partial charge < -0.3 is 14.2 Å². The lowest BCUT2D eigenvalue weighted by Gasteiger charge is -2.27. The molecular weight excluding hydrogens is 436 g/mol. The van der Waals surface area contributed by atoms with Gasteiger partial charge >= 0.3 is 0 Å². The summed E-state index contributed by atoms with van der Waals surface area (Å²) >= 11 is 0. The van der Waals surface area contributed by atoms with Crippen molar-refractivity contribution in [2.24, 2.45) is 0 Å². The highest BCUT2D eigenvalue weighted by atomic mass is 16.3. The van der Waals surface area contributed by atoms with Crippen molar-refractivity contribution in [3.05, 3.63) is 120 Å². The minimum Gasteiger partial charge on any atom is -0.467 e. The highest BCUT2D eigenvalue weighted by Gasteiger charge is 2.35. The van der Waals surface area contributed by atoms with Gasteiger partial charge in [-0.25, -0.2) is 0 Å². The third kappa shape index (κ3) is 5.69. The van der Waals surface area contributed by atoms with E-state index in [1.807, 2.05) is 97.1 Å². The van der Waals surface area contributed by atoms with Crippen LogP contribution in [0.15, 0.2) is 108 Å². The van der Waals surface area contributed by atoms with Crippen LogP contribution in [0.2, 0.25) is 0 Å².